The average molecular weight is 263 g/mol. The first-order chi connectivity index (χ1) is 8.29. The van der Waals surface area contributed by atoms with Gasteiger partial charge in [-0.05, 0) is 23.8 Å². The molecule has 0 spiro atoms. The number of carbonyl (C=O) groups is 1. The van der Waals surface area contributed by atoms with E-state index in [1.165, 1.54) is 5.56 Å². The summed E-state index contributed by atoms with van der Waals surface area (Å²) in [6, 6.07) is 15.7. The average Bonchev–Trinajstić information content (AvgIpc) is 2.39. The van der Waals surface area contributed by atoms with Gasteiger partial charge in [0.1, 0.15) is 0 Å². The van der Waals surface area contributed by atoms with Crippen LogP contribution in [0.15, 0.2) is 53.4 Å². The summed E-state index contributed by atoms with van der Waals surface area (Å²) in [5.41, 5.74) is 1.81. The largest absolute Gasteiger partial charge is 0.298 e. The molecule has 0 radical (unpaired) electrons. The Hall–Kier alpha value is -1.25. The lowest BCUT2D eigenvalue weighted by Crippen LogP contribution is -1.84. The Bertz CT molecular complexity index is 511. The van der Waals surface area contributed by atoms with Crippen molar-refractivity contribution < 1.29 is 4.79 Å². The van der Waals surface area contributed by atoms with Gasteiger partial charge in [-0.1, -0.05) is 41.9 Å². The van der Waals surface area contributed by atoms with Gasteiger partial charge in [-0.15, -0.1) is 11.8 Å². The molecule has 0 saturated carbocycles. The molecule has 0 bridgehead atoms. The van der Waals surface area contributed by atoms with Crippen molar-refractivity contribution in [2.75, 3.05) is 0 Å². The van der Waals surface area contributed by atoms with Crippen molar-refractivity contribution in [2.45, 2.75) is 10.6 Å². The van der Waals surface area contributed by atoms with E-state index in [1.807, 2.05) is 30.3 Å². The number of carbonyl (C=O) groups excluding carboxylic acids is 1. The van der Waals surface area contributed by atoms with Crippen LogP contribution in [0.4, 0.5) is 0 Å². The van der Waals surface area contributed by atoms with Crippen LogP contribution in [0.3, 0.4) is 0 Å². The molecule has 0 atom stereocenters. The molecule has 0 aliphatic rings. The minimum Gasteiger partial charge on any atom is -0.298 e. The minimum atomic E-state index is 0.504. The maximum absolute atomic E-state index is 10.8. The predicted molar refractivity (Wildman–Crippen MR) is 72.8 cm³/mol. The second-order valence-electron chi connectivity index (χ2n) is 3.58. The van der Waals surface area contributed by atoms with Crippen molar-refractivity contribution >= 4 is 29.6 Å². The molecule has 0 amide bonds. The summed E-state index contributed by atoms with van der Waals surface area (Å²) in [4.78, 5) is 11.8. The van der Waals surface area contributed by atoms with E-state index in [0.29, 0.717) is 10.6 Å². The van der Waals surface area contributed by atoms with E-state index in [1.54, 1.807) is 17.8 Å². The van der Waals surface area contributed by atoms with Gasteiger partial charge in [0, 0.05) is 16.2 Å². The van der Waals surface area contributed by atoms with Crippen molar-refractivity contribution in [1.29, 1.82) is 0 Å². The molecule has 0 fully saturated rings. The van der Waals surface area contributed by atoms with E-state index >= 15 is 0 Å². The number of aldehydes is 1. The molecule has 2 aromatic rings. The van der Waals surface area contributed by atoms with Gasteiger partial charge in [0.05, 0.1) is 5.02 Å². The summed E-state index contributed by atoms with van der Waals surface area (Å²) < 4.78 is 0. The highest BCUT2D eigenvalue weighted by Crippen LogP contribution is 2.26. The smallest absolute Gasteiger partial charge is 0.151 e. The van der Waals surface area contributed by atoms with Crippen molar-refractivity contribution in [1.82, 2.24) is 0 Å². The molecule has 86 valence electrons. The lowest BCUT2D eigenvalue weighted by molar-refractivity contribution is 0.112. The second-order valence-corrected chi connectivity index (χ2v) is 5.03. The summed E-state index contributed by atoms with van der Waals surface area (Å²) >= 11 is 7.57. The topological polar surface area (TPSA) is 17.1 Å². The third kappa shape index (κ3) is 3.35. The molecule has 0 aliphatic carbocycles. The van der Waals surface area contributed by atoms with Crippen LogP contribution in [0.1, 0.15) is 15.9 Å². The zero-order chi connectivity index (χ0) is 12.1. The number of thioether (sulfide) groups is 1. The van der Waals surface area contributed by atoms with Crippen molar-refractivity contribution in [3.8, 4) is 0 Å². The first-order valence-electron chi connectivity index (χ1n) is 5.21. The molecule has 0 N–H and O–H groups in total. The number of rotatable bonds is 4. The lowest BCUT2D eigenvalue weighted by Gasteiger charge is -2.03. The Balaban J connectivity index is 2.07. The summed E-state index contributed by atoms with van der Waals surface area (Å²) in [5, 5.41) is 0.504. The molecule has 0 aromatic heterocycles. The highest BCUT2D eigenvalue weighted by molar-refractivity contribution is 7.98. The molecule has 0 aliphatic heterocycles. The zero-order valence-corrected chi connectivity index (χ0v) is 10.7. The van der Waals surface area contributed by atoms with Gasteiger partial charge in [0.25, 0.3) is 0 Å². The quantitative estimate of drug-likeness (QED) is 0.598. The van der Waals surface area contributed by atoms with E-state index in [9.17, 15) is 4.79 Å². The maximum atomic E-state index is 10.8. The van der Waals surface area contributed by atoms with Crippen LogP contribution in [0.25, 0.3) is 0 Å². The van der Waals surface area contributed by atoms with E-state index in [-0.39, 0.29) is 0 Å². The molecule has 0 unspecified atom stereocenters. The molecule has 2 rings (SSSR count). The first kappa shape index (κ1) is 12.2. The van der Waals surface area contributed by atoms with Crippen molar-refractivity contribution in [2.24, 2.45) is 0 Å². The maximum Gasteiger partial charge on any atom is 0.151 e. The molecule has 0 heterocycles. The van der Waals surface area contributed by atoms with Gasteiger partial charge in [-0.3, -0.25) is 4.79 Å². The number of hydrogen-bond acceptors (Lipinski definition) is 2. The molecule has 2 aromatic carbocycles. The van der Waals surface area contributed by atoms with Gasteiger partial charge in [0.2, 0.25) is 0 Å². The van der Waals surface area contributed by atoms with Crippen LogP contribution >= 0.6 is 23.4 Å². The standard InChI is InChI=1S/C14H11ClOS/c15-14-7-6-13(8-12(14)9-16)17-10-11-4-2-1-3-5-11/h1-9H,10H2. The Labute approximate surface area is 110 Å². The van der Waals surface area contributed by atoms with Gasteiger partial charge < -0.3 is 0 Å². The van der Waals surface area contributed by atoms with Crippen LogP contribution in [0.5, 0.6) is 0 Å². The van der Waals surface area contributed by atoms with Gasteiger partial charge in [-0.2, -0.15) is 0 Å². The fraction of sp³-hybridized carbons (Fsp3) is 0.0714. The fourth-order valence-electron chi connectivity index (χ4n) is 1.44. The van der Waals surface area contributed by atoms with Crippen molar-refractivity contribution in [3.63, 3.8) is 0 Å². The molecule has 3 heteroatoms. The summed E-state index contributed by atoms with van der Waals surface area (Å²) in [5.74, 6) is 0.890. The Kier molecular flexibility index (Phi) is 4.24. The van der Waals surface area contributed by atoms with E-state index in [0.717, 1.165) is 16.9 Å². The number of benzene rings is 2. The Morgan fingerprint density at radius 3 is 2.59 bits per heavy atom. The predicted octanol–water partition coefficient (Wildman–Crippen LogP) is 4.44. The lowest BCUT2D eigenvalue weighted by atomic mass is 10.2. The summed E-state index contributed by atoms with van der Waals surface area (Å²) in [7, 11) is 0. The fourth-order valence-corrected chi connectivity index (χ4v) is 2.51. The van der Waals surface area contributed by atoms with Gasteiger partial charge >= 0.3 is 0 Å². The number of hydrogen-bond donors (Lipinski definition) is 0. The van der Waals surface area contributed by atoms with Crippen LogP contribution < -0.4 is 0 Å². The molecular weight excluding hydrogens is 252 g/mol. The normalized spacial score (nSPS) is 10.2. The summed E-state index contributed by atoms with van der Waals surface area (Å²) in [6.45, 7) is 0. The molecule has 17 heavy (non-hydrogen) atoms. The summed E-state index contributed by atoms with van der Waals surface area (Å²) in [6.07, 6.45) is 0.787. The van der Waals surface area contributed by atoms with Crippen molar-refractivity contribution in [3.05, 3.63) is 64.7 Å². The zero-order valence-electron chi connectivity index (χ0n) is 9.10. The molecule has 0 saturated heterocycles. The van der Waals surface area contributed by atoms with Gasteiger partial charge in [-0.25, -0.2) is 0 Å². The van der Waals surface area contributed by atoms with E-state index in [4.69, 9.17) is 11.6 Å². The number of halogens is 1. The highest BCUT2D eigenvalue weighted by Gasteiger charge is 2.01. The third-order valence-corrected chi connectivity index (χ3v) is 3.75. The molecule has 1 nitrogen and oxygen atoms in total. The third-order valence-electron chi connectivity index (χ3n) is 2.34. The monoisotopic (exact) mass is 262 g/mol. The van der Waals surface area contributed by atoms with Crippen LogP contribution in [0, 0.1) is 0 Å². The molecular formula is C14H11ClOS. The highest BCUT2D eigenvalue weighted by atomic mass is 35.5. The van der Waals surface area contributed by atoms with Crippen LogP contribution in [-0.4, -0.2) is 6.29 Å². The second kappa shape index (κ2) is 5.89. The van der Waals surface area contributed by atoms with Crippen LogP contribution in [0.2, 0.25) is 5.02 Å². The minimum absolute atomic E-state index is 0.504. The van der Waals surface area contributed by atoms with E-state index in [2.05, 4.69) is 12.1 Å². The van der Waals surface area contributed by atoms with E-state index < -0.39 is 0 Å². The SMILES string of the molecule is O=Cc1cc(SCc2ccccc2)ccc1Cl. The Morgan fingerprint density at radius 2 is 1.88 bits per heavy atom. The van der Waals surface area contributed by atoms with Crippen LogP contribution in [-0.2, 0) is 5.75 Å². The first-order valence-corrected chi connectivity index (χ1v) is 6.57. The Morgan fingerprint density at radius 1 is 1.12 bits per heavy atom. The van der Waals surface area contributed by atoms with Gasteiger partial charge in [0.15, 0.2) is 6.29 Å².